The van der Waals surface area contributed by atoms with E-state index in [1.165, 1.54) is 17.0 Å². The van der Waals surface area contributed by atoms with Crippen LogP contribution >= 0.6 is 0 Å². The summed E-state index contributed by atoms with van der Waals surface area (Å²) in [4.78, 5) is 15.1. The Kier molecular flexibility index (Phi) is 7.25. The van der Waals surface area contributed by atoms with Crippen LogP contribution in [0.15, 0.2) is 85.1 Å². The van der Waals surface area contributed by atoms with Crippen molar-refractivity contribution in [2.45, 2.75) is 6.92 Å². The fraction of sp³-hybridized carbons (Fsp3) is 0.250. The lowest BCUT2D eigenvalue weighted by molar-refractivity contribution is 0.0316. The van der Waals surface area contributed by atoms with Gasteiger partial charge >= 0.3 is 5.97 Å². The number of rotatable bonds is 8. The van der Waals surface area contributed by atoms with Crippen molar-refractivity contribution in [1.29, 1.82) is 0 Å². The van der Waals surface area contributed by atoms with Crippen LogP contribution in [0.1, 0.15) is 17.3 Å². The van der Waals surface area contributed by atoms with E-state index in [-0.39, 0.29) is 6.61 Å². The zero-order chi connectivity index (χ0) is 26.6. The lowest BCUT2D eigenvalue weighted by Crippen LogP contribution is -2.38. The molecule has 0 N–H and O–H groups in total. The summed E-state index contributed by atoms with van der Waals surface area (Å²) < 4.78 is 18.8. The first-order valence-corrected chi connectivity index (χ1v) is 13.4. The molecule has 0 bridgehead atoms. The van der Waals surface area contributed by atoms with Crippen LogP contribution in [0.2, 0.25) is 0 Å². The van der Waals surface area contributed by atoms with Crippen molar-refractivity contribution < 1.29 is 19.0 Å². The van der Waals surface area contributed by atoms with E-state index >= 15 is 0 Å². The summed E-state index contributed by atoms with van der Waals surface area (Å²) in [6.07, 6.45) is 1.54. The van der Waals surface area contributed by atoms with Gasteiger partial charge in [-0.1, -0.05) is 60.7 Å². The van der Waals surface area contributed by atoms with E-state index < -0.39 is 5.97 Å². The molecular formula is C32H31N3O4. The standard InChI is InChI=1S/C32H31N3O4/c1-2-38-32(36)29-22-33-35(31(29)39-19-16-34-14-17-37-18-15-34)30-13-6-5-11-27(30)26-12-7-10-25-20-23-8-3-4-9-24(23)21-28(25)26/h3-13,20-22H,2,14-19H2,1H3. The van der Waals surface area contributed by atoms with Crippen LogP contribution in [0, 0.1) is 0 Å². The van der Waals surface area contributed by atoms with Gasteiger partial charge in [0, 0.05) is 25.2 Å². The molecule has 0 atom stereocenters. The van der Waals surface area contributed by atoms with Gasteiger partial charge in [0.2, 0.25) is 5.88 Å². The minimum Gasteiger partial charge on any atom is -0.476 e. The van der Waals surface area contributed by atoms with Crippen molar-refractivity contribution >= 4 is 27.5 Å². The van der Waals surface area contributed by atoms with Gasteiger partial charge in [-0.15, -0.1) is 0 Å². The maximum absolute atomic E-state index is 12.8. The number of esters is 1. The molecule has 0 radical (unpaired) electrons. The predicted octanol–water partition coefficient (Wildman–Crippen LogP) is 5.73. The van der Waals surface area contributed by atoms with Crippen LogP contribution in [-0.4, -0.2) is 66.7 Å². The summed E-state index contributed by atoms with van der Waals surface area (Å²) in [6.45, 7) is 6.39. The minimum atomic E-state index is -0.445. The zero-order valence-corrected chi connectivity index (χ0v) is 22.0. The Morgan fingerprint density at radius 3 is 2.44 bits per heavy atom. The molecule has 39 heavy (non-hydrogen) atoms. The third-order valence-electron chi connectivity index (χ3n) is 7.14. The Hall–Kier alpha value is -4.20. The van der Waals surface area contributed by atoms with E-state index in [1.807, 2.05) is 18.2 Å². The molecule has 1 saturated heterocycles. The molecule has 1 aliphatic rings. The quantitative estimate of drug-likeness (QED) is 0.192. The fourth-order valence-electron chi connectivity index (χ4n) is 5.18. The highest BCUT2D eigenvalue weighted by molar-refractivity contribution is 6.05. The smallest absolute Gasteiger partial charge is 0.345 e. The van der Waals surface area contributed by atoms with Gasteiger partial charge in [-0.2, -0.15) is 9.78 Å². The number of ether oxygens (including phenoxy) is 3. The molecule has 4 aromatic carbocycles. The number of carbonyl (C=O) groups is 1. The summed E-state index contributed by atoms with van der Waals surface area (Å²) in [6, 6.07) is 27.3. The minimum absolute atomic E-state index is 0.276. The second kappa shape index (κ2) is 11.3. The molecule has 0 aliphatic carbocycles. The third kappa shape index (κ3) is 5.11. The number of carbonyl (C=O) groups excluding carboxylic acids is 1. The SMILES string of the molecule is CCOC(=O)c1cnn(-c2ccccc2-c2cccc3cc4ccccc4cc23)c1OCCN1CCOCC1. The molecule has 0 unspecified atom stereocenters. The summed E-state index contributed by atoms with van der Waals surface area (Å²) >= 11 is 0. The van der Waals surface area contributed by atoms with Crippen molar-refractivity contribution in [2.75, 3.05) is 46.1 Å². The monoisotopic (exact) mass is 521 g/mol. The first-order chi connectivity index (χ1) is 19.2. The van der Waals surface area contributed by atoms with Crippen LogP contribution < -0.4 is 4.74 Å². The van der Waals surface area contributed by atoms with E-state index in [1.54, 1.807) is 11.6 Å². The van der Waals surface area contributed by atoms with Crippen molar-refractivity contribution in [3.63, 3.8) is 0 Å². The molecular weight excluding hydrogens is 490 g/mol. The summed E-state index contributed by atoms with van der Waals surface area (Å²) in [7, 11) is 0. The highest BCUT2D eigenvalue weighted by atomic mass is 16.5. The summed E-state index contributed by atoms with van der Waals surface area (Å²) in [5.41, 5.74) is 3.23. The van der Waals surface area contributed by atoms with Gasteiger partial charge in [-0.05, 0) is 52.2 Å². The van der Waals surface area contributed by atoms with E-state index in [9.17, 15) is 4.79 Å². The lowest BCUT2D eigenvalue weighted by Gasteiger charge is -2.26. The Bertz CT molecular complexity index is 1620. The van der Waals surface area contributed by atoms with Gasteiger partial charge in [0.1, 0.15) is 12.2 Å². The number of hydrogen-bond donors (Lipinski definition) is 0. The van der Waals surface area contributed by atoms with E-state index in [2.05, 4.69) is 70.7 Å². The third-order valence-corrected chi connectivity index (χ3v) is 7.14. The second-order valence-corrected chi connectivity index (χ2v) is 9.54. The Balaban J connectivity index is 1.42. The molecule has 1 aliphatic heterocycles. The molecule has 7 nitrogen and oxygen atoms in total. The van der Waals surface area contributed by atoms with Gasteiger partial charge in [0.25, 0.3) is 0 Å². The second-order valence-electron chi connectivity index (χ2n) is 9.54. The fourth-order valence-corrected chi connectivity index (χ4v) is 5.18. The average Bonchev–Trinajstić information content (AvgIpc) is 3.40. The largest absolute Gasteiger partial charge is 0.476 e. The van der Waals surface area contributed by atoms with E-state index in [0.29, 0.717) is 18.1 Å². The number of nitrogens with zero attached hydrogens (tertiary/aromatic N) is 3. The molecule has 0 spiro atoms. The molecule has 0 saturated carbocycles. The first-order valence-electron chi connectivity index (χ1n) is 13.4. The van der Waals surface area contributed by atoms with Crippen LogP contribution in [0.4, 0.5) is 0 Å². The number of para-hydroxylation sites is 1. The van der Waals surface area contributed by atoms with E-state index in [4.69, 9.17) is 14.2 Å². The zero-order valence-electron chi connectivity index (χ0n) is 22.0. The van der Waals surface area contributed by atoms with Crippen molar-refractivity contribution in [2.24, 2.45) is 0 Å². The predicted molar refractivity (Wildman–Crippen MR) is 153 cm³/mol. The van der Waals surface area contributed by atoms with Crippen LogP contribution in [0.3, 0.4) is 0 Å². The topological polar surface area (TPSA) is 65.8 Å². The van der Waals surface area contributed by atoms with Gasteiger partial charge in [0.15, 0.2) is 0 Å². The molecule has 7 heteroatoms. The lowest BCUT2D eigenvalue weighted by atomic mass is 9.94. The number of hydrogen-bond acceptors (Lipinski definition) is 6. The van der Waals surface area contributed by atoms with Crippen LogP contribution in [-0.2, 0) is 9.47 Å². The van der Waals surface area contributed by atoms with Crippen molar-refractivity contribution in [1.82, 2.24) is 14.7 Å². The van der Waals surface area contributed by atoms with Crippen LogP contribution in [0.5, 0.6) is 5.88 Å². The average molecular weight is 522 g/mol. The van der Waals surface area contributed by atoms with E-state index in [0.717, 1.165) is 60.4 Å². The van der Waals surface area contributed by atoms with Gasteiger partial charge in [-0.3, -0.25) is 4.90 Å². The normalized spacial score (nSPS) is 14.1. The molecule has 1 aromatic heterocycles. The van der Waals surface area contributed by atoms with Gasteiger partial charge in [-0.25, -0.2) is 4.79 Å². The Labute approximate surface area is 227 Å². The highest BCUT2D eigenvalue weighted by Gasteiger charge is 2.23. The van der Waals surface area contributed by atoms with Gasteiger partial charge < -0.3 is 14.2 Å². The highest BCUT2D eigenvalue weighted by Crippen LogP contribution is 2.36. The molecule has 198 valence electrons. The maximum Gasteiger partial charge on any atom is 0.345 e. The first kappa shape index (κ1) is 25.1. The summed E-state index contributed by atoms with van der Waals surface area (Å²) in [5.74, 6) is -0.0564. The molecule has 0 amide bonds. The van der Waals surface area contributed by atoms with Crippen molar-refractivity contribution in [3.05, 3.63) is 90.6 Å². The number of benzene rings is 4. The molecule has 2 heterocycles. The number of aromatic nitrogens is 2. The van der Waals surface area contributed by atoms with Gasteiger partial charge in [0.05, 0.1) is 31.7 Å². The Morgan fingerprint density at radius 2 is 1.62 bits per heavy atom. The number of morpholine rings is 1. The molecule has 6 rings (SSSR count). The van der Waals surface area contributed by atoms with Crippen molar-refractivity contribution in [3.8, 4) is 22.7 Å². The summed E-state index contributed by atoms with van der Waals surface area (Å²) in [5, 5.41) is 9.33. The maximum atomic E-state index is 12.8. The Morgan fingerprint density at radius 1 is 0.897 bits per heavy atom. The van der Waals surface area contributed by atoms with Crippen LogP contribution in [0.25, 0.3) is 38.4 Å². The molecule has 5 aromatic rings. The number of fused-ring (bicyclic) bond motifs is 2. The molecule has 1 fully saturated rings.